The highest BCUT2D eigenvalue weighted by Gasteiger charge is 2.12. The van der Waals surface area contributed by atoms with Crippen LogP contribution in [0, 0.1) is 6.92 Å². The fourth-order valence-corrected chi connectivity index (χ4v) is 2.04. The maximum Gasteiger partial charge on any atom is 0.332 e. The number of carboxylic acids is 1. The Morgan fingerprint density at radius 1 is 1.56 bits per heavy atom. The van der Waals surface area contributed by atoms with Crippen molar-refractivity contribution in [3.8, 4) is 0 Å². The first-order chi connectivity index (χ1) is 8.50. The molecule has 0 aliphatic carbocycles. The predicted octanol–water partition coefficient (Wildman–Crippen LogP) is 1.02. The third kappa shape index (κ3) is 4.68. The average molecular weight is 269 g/mol. The lowest BCUT2D eigenvalue weighted by atomic mass is 10.2. The molecule has 0 aromatic carbocycles. The molecule has 1 heterocycles. The number of aliphatic hydroxyl groups is 1. The minimum absolute atomic E-state index is 0.00700. The molecule has 0 spiro atoms. The number of carboxylic acid groups (broad SMARTS) is 1. The number of amides is 1. The van der Waals surface area contributed by atoms with Gasteiger partial charge in [0.15, 0.2) is 6.10 Å². The lowest BCUT2D eigenvalue weighted by Crippen LogP contribution is -2.28. The molecule has 1 rings (SSSR count). The molecule has 5 nitrogen and oxygen atoms in total. The second kappa shape index (κ2) is 6.93. The third-order valence-corrected chi connectivity index (χ3v) is 3.27. The van der Waals surface area contributed by atoms with Gasteiger partial charge in [0.2, 0.25) is 5.91 Å². The number of hydrogen-bond acceptors (Lipinski definition) is 4. The largest absolute Gasteiger partial charge is 0.479 e. The van der Waals surface area contributed by atoms with E-state index in [1.165, 1.54) is 17.4 Å². The lowest BCUT2D eigenvalue weighted by molar-refractivity contribution is -0.147. The molecule has 0 radical (unpaired) electrons. The van der Waals surface area contributed by atoms with Crippen LogP contribution in [0.3, 0.4) is 0 Å². The van der Waals surface area contributed by atoms with Gasteiger partial charge in [-0.05, 0) is 30.0 Å². The van der Waals surface area contributed by atoms with Gasteiger partial charge in [-0.25, -0.2) is 4.79 Å². The molecule has 0 saturated heterocycles. The molecule has 98 valence electrons. The number of carbonyl (C=O) groups is 2. The second-order valence-corrected chi connectivity index (χ2v) is 4.68. The summed E-state index contributed by atoms with van der Waals surface area (Å²) in [7, 11) is 0. The first-order valence-electron chi connectivity index (χ1n) is 5.41. The van der Waals surface area contributed by atoms with Crippen molar-refractivity contribution in [1.82, 2.24) is 5.32 Å². The van der Waals surface area contributed by atoms with E-state index in [-0.39, 0.29) is 18.9 Å². The summed E-state index contributed by atoms with van der Waals surface area (Å²) in [5, 5.41) is 21.9. The van der Waals surface area contributed by atoms with Crippen LogP contribution in [0.1, 0.15) is 16.9 Å². The van der Waals surface area contributed by atoms with Crippen LogP contribution in [0.5, 0.6) is 0 Å². The first kappa shape index (κ1) is 14.4. The molecule has 0 fully saturated rings. The summed E-state index contributed by atoms with van der Waals surface area (Å²) in [4.78, 5) is 22.7. The Bertz CT molecular complexity index is 453. The van der Waals surface area contributed by atoms with Gasteiger partial charge in [-0.15, -0.1) is 11.3 Å². The number of rotatable bonds is 6. The van der Waals surface area contributed by atoms with Gasteiger partial charge in [0.05, 0.1) is 0 Å². The van der Waals surface area contributed by atoms with E-state index < -0.39 is 12.1 Å². The van der Waals surface area contributed by atoms with Crippen LogP contribution >= 0.6 is 11.3 Å². The number of thiophene rings is 1. The van der Waals surface area contributed by atoms with Gasteiger partial charge in [0.25, 0.3) is 0 Å². The van der Waals surface area contributed by atoms with Crippen molar-refractivity contribution in [3.63, 3.8) is 0 Å². The minimum atomic E-state index is -1.44. The van der Waals surface area contributed by atoms with E-state index >= 15 is 0 Å². The van der Waals surface area contributed by atoms with Crippen LogP contribution in [-0.2, 0) is 9.59 Å². The number of carbonyl (C=O) groups excluding carboxylic acids is 1. The van der Waals surface area contributed by atoms with E-state index in [0.29, 0.717) is 0 Å². The standard InChI is InChI=1S/C12H15NO4S/c1-8-5-7-18-10(8)2-3-11(15)13-6-4-9(14)12(16)17/h2-3,5,7,9,14H,4,6H2,1H3,(H,13,15)(H,16,17)/b3-2+/t9-/m0/s1. The lowest BCUT2D eigenvalue weighted by Gasteiger charge is -2.05. The number of nitrogens with one attached hydrogen (secondary N) is 1. The zero-order valence-corrected chi connectivity index (χ0v) is 10.7. The molecule has 0 bridgehead atoms. The summed E-state index contributed by atoms with van der Waals surface area (Å²) in [5.74, 6) is -1.59. The maximum absolute atomic E-state index is 11.4. The summed E-state index contributed by atoms with van der Waals surface area (Å²) in [6, 6.07) is 1.96. The third-order valence-electron chi connectivity index (χ3n) is 2.29. The SMILES string of the molecule is Cc1ccsc1/C=C/C(=O)NCC[C@H](O)C(=O)O. The molecule has 18 heavy (non-hydrogen) atoms. The van der Waals surface area contributed by atoms with E-state index in [0.717, 1.165) is 10.4 Å². The highest BCUT2D eigenvalue weighted by atomic mass is 32.1. The number of hydrogen-bond donors (Lipinski definition) is 3. The van der Waals surface area contributed by atoms with Gasteiger partial charge < -0.3 is 15.5 Å². The highest BCUT2D eigenvalue weighted by molar-refractivity contribution is 7.11. The molecular weight excluding hydrogens is 254 g/mol. The molecule has 1 aromatic rings. The molecule has 3 N–H and O–H groups in total. The van der Waals surface area contributed by atoms with Crippen LogP contribution < -0.4 is 5.32 Å². The Hall–Kier alpha value is -1.66. The first-order valence-corrected chi connectivity index (χ1v) is 6.29. The summed E-state index contributed by atoms with van der Waals surface area (Å²) in [6.45, 7) is 2.08. The Labute approximate surface area is 109 Å². The molecule has 1 atom stereocenters. The fourth-order valence-electron chi connectivity index (χ4n) is 1.22. The second-order valence-electron chi connectivity index (χ2n) is 3.73. The van der Waals surface area contributed by atoms with E-state index in [2.05, 4.69) is 5.32 Å². The Balaban J connectivity index is 2.32. The van der Waals surface area contributed by atoms with Gasteiger partial charge in [-0.3, -0.25) is 4.79 Å². The van der Waals surface area contributed by atoms with Crippen LogP contribution in [0.4, 0.5) is 0 Å². The van der Waals surface area contributed by atoms with Crippen LogP contribution in [0.25, 0.3) is 6.08 Å². The Morgan fingerprint density at radius 3 is 2.83 bits per heavy atom. The van der Waals surface area contributed by atoms with Crippen molar-refractivity contribution >= 4 is 29.3 Å². The summed E-state index contributed by atoms with van der Waals surface area (Å²) in [6.07, 6.45) is 1.66. The normalized spacial score (nSPS) is 12.6. The zero-order chi connectivity index (χ0) is 13.5. The molecule has 6 heteroatoms. The predicted molar refractivity (Wildman–Crippen MR) is 69.4 cm³/mol. The van der Waals surface area contributed by atoms with Gasteiger partial charge in [0, 0.05) is 23.9 Å². The topological polar surface area (TPSA) is 86.6 Å². The number of aryl methyl sites for hydroxylation is 1. The molecule has 0 aliphatic rings. The van der Waals surface area contributed by atoms with Gasteiger partial charge in [-0.1, -0.05) is 0 Å². The van der Waals surface area contributed by atoms with Gasteiger partial charge in [-0.2, -0.15) is 0 Å². The maximum atomic E-state index is 11.4. The zero-order valence-electron chi connectivity index (χ0n) is 9.92. The molecule has 0 unspecified atom stereocenters. The van der Waals surface area contributed by atoms with E-state index in [1.807, 2.05) is 18.4 Å². The van der Waals surface area contributed by atoms with Crippen LogP contribution in [0.15, 0.2) is 17.5 Å². The quantitative estimate of drug-likeness (QED) is 0.673. The van der Waals surface area contributed by atoms with Crippen molar-refractivity contribution in [3.05, 3.63) is 28.0 Å². The van der Waals surface area contributed by atoms with Crippen molar-refractivity contribution < 1.29 is 19.8 Å². The Kier molecular flexibility index (Phi) is 5.54. The molecule has 0 aliphatic heterocycles. The Morgan fingerprint density at radius 2 is 2.28 bits per heavy atom. The average Bonchev–Trinajstić information content (AvgIpc) is 2.72. The fraction of sp³-hybridized carbons (Fsp3) is 0.333. The summed E-state index contributed by atoms with van der Waals surface area (Å²) in [5.41, 5.74) is 1.10. The van der Waals surface area contributed by atoms with Crippen LogP contribution in [0.2, 0.25) is 0 Å². The van der Waals surface area contributed by atoms with Gasteiger partial charge in [0.1, 0.15) is 0 Å². The monoisotopic (exact) mass is 269 g/mol. The number of aliphatic carboxylic acids is 1. The van der Waals surface area contributed by atoms with Crippen LogP contribution in [-0.4, -0.2) is 34.7 Å². The van der Waals surface area contributed by atoms with Gasteiger partial charge >= 0.3 is 5.97 Å². The van der Waals surface area contributed by atoms with E-state index in [9.17, 15) is 9.59 Å². The van der Waals surface area contributed by atoms with Crippen molar-refractivity contribution in [2.45, 2.75) is 19.4 Å². The van der Waals surface area contributed by atoms with Crippen molar-refractivity contribution in [2.24, 2.45) is 0 Å². The smallest absolute Gasteiger partial charge is 0.332 e. The van der Waals surface area contributed by atoms with Crippen molar-refractivity contribution in [2.75, 3.05) is 6.54 Å². The molecule has 0 saturated carbocycles. The molecule has 1 amide bonds. The minimum Gasteiger partial charge on any atom is -0.479 e. The number of aliphatic hydroxyl groups excluding tert-OH is 1. The van der Waals surface area contributed by atoms with E-state index in [1.54, 1.807) is 6.08 Å². The van der Waals surface area contributed by atoms with Crippen molar-refractivity contribution in [1.29, 1.82) is 0 Å². The summed E-state index contributed by atoms with van der Waals surface area (Å²) < 4.78 is 0. The molecule has 1 aromatic heterocycles. The molecular formula is C12H15NO4S. The summed E-state index contributed by atoms with van der Waals surface area (Å²) >= 11 is 1.54. The van der Waals surface area contributed by atoms with E-state index in [4.69, 9.17) is 10.2 Å². The highest BCUT2D eigenvalue weighted by Crippen LogP contribution is 2.16.